The first-order valence-electron chi connectivity index (χ1n) is 23.7. The van der Waals surface area contributed by atoms with Crippen LogP contribution in [0.15, 0.2) is 261 Å². The van der Waals surface area contributed by atoms with Gasteiger partial charge in [0.25, 0.3) is 0 Å². The number of nitrogens with one attached hydrogen (secondary N) is 1. The van der Waals surface area contributed by atoms with E-state index < -0.39 is 0 Å². The zero-order valence-corrected chi connectivity index (χ0v) is 38.3. The van der Waals surface area contributed by atoms with E-state index in [1.165, 1.54) is 55.2 Å². The number of anilines is 8. The number of benzene rings is 11. The Bertz CT molecular complexity index is 3560. The van der Waals surface area contributed by atoms with Crippen LogP contribution in [-0.4, -0.2) is 7.28 Å². The standard InChI is InChI=1S/C65H47BN3/c1-45-41-50(47-21-9-3-10-22-47)34-40-61(45)69-62-44-56(68(54-26-13-5-14-27-54)55-28-15-6-16-29-55)37-39-59(62)66-65-63(69)43-52-25-17-18-30-57(52)64(65)58-38-33-51(48-23-11-4-12-24-48)42-60(58)67-53-35-31-49(32-36-53)46-19-7-2-8-20-46/h2-44,67H,1H3. The Hall–Kier alpha value is -8.86. The van der Waals surface area contributed by atoms with Crippen molar-refractivity contribution in [2.45, 2.75) is 6.92 Å². The van der Waals surface area contributed by atoms with Crippen molar-refractivity contribution in [2.75, 3.05) is 15.1 Å². The molecule has 1 N–H and O–H groups in total. The molecule has 0 bridgehead atoms. The molecule has 325 valence electrons. The molecule has 11 aromatic rings. The summed E-state index contributed by atoms with van der Waals surface area (Å²) in [7, 11) is 2.42. The van der Waals surface area contributed by atoms with Gasteiger partial charge in [0.15, 0.2) is 7.28 Å². The van der Waals surface area contributed by atoms with Crippen molar-refractivity contribution in [2.24, 2.45) is 0 Å². The van der Waals surface area contributed by atoms with Crippen molar-refractivity contribution < 1.29 is 0 Å². The van der Waals surface area contributed by atoms with E-state index in [0.29, 0.717) is 0 Å². The minimum Gasteiger partial charge on any atom is -0.355 e. The summed E-state index contributed by atoms with van der Waals surface area (Å²) in [5.74, 6) is 0. The number of para-hydroxylation sites is 2. The molecule has 0 unspecified atom stereocenters. The van der Waals surface area contributed by atoms with Gasteiger partial charge < -0.3 is 15.1 Å². The van der Waals surface area contributed by atoms with Gasteiger partial charge in [-0.15, -0.1) is 0 Å². The first-order chi connectivity index (χ1) is 34.1. The molecule has 0 amide bonds. The summed E-state index contributed by atoms with van der Waals surface area (Å²) in [6.45, 7) is 2.25. The highest BCUT2D eigenvalue weighted by molar-refractivity contribution is 6.73. The molecule has 1 aliphatic heterocycles. The number of hydrogen-bond donors (Lipinski definition) is 1. The molecule has 0 saturated carbocycles. The van der Waals surface area contributed by atoms with E-state index in [2.05, 4.69) is 290 Å². The zero-order chi connectivity index (χ0) is 46.1. The largest absolute Gasteiger partial charge is 0.355 e. The average molecular weight is 881 g/mol. The lowest BCUT2D eigenvalue weighted by atomic mass is 9.57. The Balaban J connectivity index is 1.07. The molecular formula is C65H47BN3. The van der Waals surface area contributed by atoms with Crippen molar-refractivity contribution in [3.05, 3.63) is 266 Å². The molecule has 1 heterocycles. The van der Waals surface area contributed by atoms with E-state index in [9.17, 15) is 0 Å². The summed E-state index contributed by atoms with van der Waals surface area (Å²) in [6, 6.07) is 94.1. The summed E-state index contributed by atoms with van der Waals surface area (Å²) < 4.78 is 0. The maximum Gasteiger partial charge on any atom is 0.197 e. The molecule has 12 rings (SSSR count). The number of aryl methyl sites for hydroxylation is 1. The van der Waals surface area contributed by atoms with Crippen molar-refractivity contribution in [3.8, 4) is 44.5 Å². The highest BCUT2D eigenvalue weighted by Gasteiger charge is 2.31. The molecule has 0 saturated heterocycles. The second kappa shape index (κ2) is 18.1. The smallest absolute Gasteiger partial charge is 0.197 e. The third kappa shape index (κ3) is 8.02. The maximum atomic E-state index is 3.94. The minimum atomic E-state index is 1.02. The maximum absolute atomic E-state index is 3.94. The molecule has 4 heteroatoms. The summed E-state index contributed by atoms with van der Waals surface area (Å²) in [5.41, 5.74) is 21.6. The average Bonchev–Trinajstić information content (AvgIpc) is 3.41. The van der Waals surface area contributed by atoms with Crippen LogP contribution >= 0.6 is 0 Å². The molecule has 0 aromatic heterocycles. The van der Waals surface area contributed by atoms with Gasteiger partial charge in [-0.3, -0.25) is 0 Å². The van der Waals surface area contributed by atoms with Gasteiger partial charge >= 0.3 is 0 Å². The van der Waals surface area contributed by atoms with Crippen LogP contribution in [0.2, 0.25) is 0 Å². The first-order valence-corrected chi connectivity index (χ1v) is 23.7. The second-order valence-corrected chi connectivity index (χ2v) is 17.7. The van der Waals surface area contributed by atoms with Gasteiger partial charge in [-0.2, -0.15) is 0 Å². The third-order valence-electron chi connectivity index (χ3n) is 13.4. The number of nitrogens with zero attached hydrogens (tertiary/aromatic N) is 2. The lowest BCUT2D eigenvalue weighted by Crippen LogP contribution is -2.41. The lowest BCUT2D eigenvalue weighted by Gasteiger charge is -2.37. The molecule has 11 aromatic carbocycles. The Morgan fingerprint density at radius 3 is 1.54 bits per heavy atom. The highest BCUT2D eigenvalue weighted by atomic mass is 15.2. The lowest BCUT2D eigenvalue weighted by molar-refractivity contribution is 1.24. The Morgan fingerprint density at radius 2 is 0.913 bits per heavy atom. The molecule has 1 radical (unpaired) electrons. The normalized spacial score (nSPS) is 11.6. The van der Waals surface area contributed by atoms with E-state index in [4.69, 9.17) is 0 Å². The Kier molecular flexibility index (Phi) is 10.9. The summed E-state index contributed by atoms with van der Waals surface area (Å²) in [5, 5.41) is 6.30. The zero-order valence-electron chi connectivity index (χ0n) is 38.3. The van der Waals surface area contributed by atoms with E-state index >= 15 is 0 Å². The third-order valence-corrected chi connectivity index (χ3v) is 13.4. The van der Waals surface area contributed by atoms with Gasteiger partial charge in [0.2, 0.25) is 0 Å². The predicted octanol–water partition coefficient (Wildman–Crippen LogP) is 16.5. The second-order valence-electron chi connectivity index (χ2n) is 17.7. The van der Waals surface area contributed by atoms with Crippen LogP contribution in [0.25, 0.3) is 55.3 Å². The summed E-state index contributed by atoms with van der Waals surface area (Å²) >= 11 is 0. The number of rotatable bonds is 10. The van der Waals surface area contributed by atoms with Gasteiger partial charge in [0.1, 0.15) is 0 Å². The van der Waals surface area contributed by atoms with Gasteiger partial charge in [-0.05, 0) is 140 Å². The molecule has 0 fully saturated rings. The van der Waals surface area contributed by atoms with Crippen molar-refractivity contribution in [1.82, 2.24) is 0 Å². The van der Waals surface area contributed by atoms with E-state index in [1.807, 2.05) is 0 Å². The summed E-state index contributed by atoms with van der Waals surface area (Å²) in [4.78, 5) is 4.86. The topological polar surface area (TPSA) is 18.5 Å². The molecule has 0 atom stereocenters. The van der Waals surface area contributed by atoms with Crippen LogP contribution in [-0.2, 0) is 0 Å². The molecule has 1 aliphatic rings. The molecule has 3 nitrogen and oxygen atoms in total. The van der Waals surface area contributed by atoms with Gasteiger partial charge in [-0.25, -0.2) is 0 Å². The van der Waals surface area contributed by atoms with Crippen molar-refractivity contribution in [1.29, 1.82) is 0 Å². The molecule has 69 heavy (non-hydrogen) atoms. The van der Waals surface area contributed by atoms with E-state index in [0.717, 1.165) is 62.1 Å². The van der Waals surface area contributed by atoms with Crippen LogP contribution in [0, 0.1) is 6.92 Å². The fraction of sp³-hybridized carbons (Fsp3) is 0.0154. The first kappa shape index (κ1) is 41.6. The fourth-order valence-corrected chi connectivity index (χ4v) is 10.0. The Labute approximate surface area is 405 Å². The van der Waals surface area contributed by atoms with Crippen LogP contribution < -0.4 is 26.0 Å². The van der Waals surface area contributed by atoms with Crippen LogP contribution in [0.3, 0.4) is 0 Å². The van der Waals surface area contributed by atoms with Gasteiger partial charge in [-0.1, -0.05) is 194 Å². The molecular weight excluding hydrogens is 834 g/mol. The Morgan fingerprint density at radius 1 is 0.391 bits per heavy atom. The van der Waals surface area contributed by atoms with Crippen LogP contribution in [0.4, 0.5) is 45.5 Å². The van der Waals surface area contributed by atoms with E-state index in [-0.39, 0.29) is 0 Å². The quantitative estimate of drug-likeness (QED) is 0.138. The number of hydrogen-bond acceptors (Lipinski definition) is 3. The van der Waals surface area contributed by atoms with Gasteiger partial charge in [0.05, 0.1) is 0 Å². The number of fused-ring (bicyclic) bond motifs is 3. The molecule has 0 aliphatic carbocycles. The molecule has 0 spiro atoms. The highest BCUT2D eigenvalue weighted by Crippen LogP contribution is 2.46. The van der Waals surface area contributed by atoms with Gasteiger partial charge in [0, 0.05) is 51.1 Å². The minimum absolute atomic E-state index is 1.02. The van der Waals surface area contributed by atoms with Crippen LogP contribution in [0.1, 0.15) is 5.56 Å². The van der Waals surface area contributed by atoms with Crippen molar-refractivity contribution >= 4 is 74.5 Å². The van der Waals surface area contributed by atoms with Crippen LogP contribution in [0.5, 0.6) is 0 Å². The predicted molar refractivity (Wildman–Crippen MR) is 295 cm³/mol. The monoisotopic (exact) mass is 880 g/mol. The van der Waals surface area contributed by atoms with Crippen molar-refractivity contribution in [3.63, 3.8) is 0 Å². The SMILES string of the molecule is Cc1cc(-c2ccccc2)ccc1N1c2cc(N(c3ccccc3)c3ccccc3)ccc2[B]c2c1cc1ccccc1c2-c1ccc(-c2ccccc2)cc1Nc1ccc(-c2ccccc2)cc1. The fourth-order valence-electron chi connectivity index (χ4n) is 10.0. The van der Waals surface area contributed by atoms with E-state index in [1.54, 1.807) is 0 Å². The summed E-state index contributed by atoms with van der Waals surface area (Å²) in [6.07, 6.45) is 0.